The lowest BCUT2D eigenvalue weighted by Gasteiger charge is -2.25. The fourth-order valence-corrected chi connectivity index (χ4v) is 4.89. The summed E-state index contributed by atoms with van der Waals surface area (Å²) in [5, 5.41) is 2.75. The van der Waals surface area contributed by atoms with E-state index in [9.17, 15) is 9.59 Å². The van der Waals surface area contributed by atoms with Gasteiger partial charge in [0, 0.05) is 5.92 Å². The van der Waals surface area contributed by atoms with Gasteiger partial charge in [-0.2, -0.15) is 0 Å². The number of hydrogen-bond donors (Lipinski definition) is 1. The monoisotopic (exact) mass is 407 g/mol. The average Bonchev–Trinajstić information content (AvgIpc) is 3.11. The van der Waals surface area contributed by atoms with Crippen molar-refractivity contribution in [1.82, 2.24) is 5.32 Å². The van der Waals surface area contributed by atoms with Crippen LogP contribution in [0.3, 0.4) is 0 Å². The fourth-order valence-electron chi connectivity index (χ4n) is 4.89. The Hall–Kier alpha value is -2.82. The summed E-state index contributed by atoms with van der Waals surface area (Å²) in [6.45, 7) is 0.233. The molecule has 0 bridgehead atoms. The zero-order valence-corrected chi connectivity index (χ0v) is 17.4. The van der Waals surface area contributed by atoms with E-state index in [4.69, 9.17) is 9.47 Å². The second-order valence-electron chi connectivity index (χ2n) is 8.29. The molecule has 2 aliphatic carbocycles. The average molecular weight is 408 g/mol. The van der Waals surface area contributed by atoms with Crippen LogP contribution in [-0.4, -0.2) is 31.8 Å². The van der Waals surface area contributed by atoms with E-state index >= 15 is 0 Å². The summed E-state index contributed by atoms with van der Waals surface area (Å²) in [4.78, 5) is 24.8. The smallest absolute Gasteiger partial charge is 0.407 e. The Bertz CT molecular complexity index is 858. The number of carbonyl (C=O) groups excluding carboxylic acids is 2. The predicted molar refractivity (Wildman–Crippen MR) is 115 cm³/mol. The Morgan fingerprint density at radius 1 is 0.967 bits per heavy atom. The Morgan fingerprint density at radius 2 is 1.57 bits per heavy atom. The number of amides is 1. The number of rotatable bonds is 6. The third-order valence-corrected chi connectivity index (χ3v) is 6.42. The normalized spacial score (nSPS) is 17.0. The van der Waals surface area contributed by atoms with Gasteiger partial charge in [-0.25, -0.2) is 9.59 Å². The number of alkyl carbamates (subject to hydrolysis) is 1. The molecular weight excluding hydrogens is 378 g/mol. The largest absolute Gasteiger partial charge is 0.467 e. The summed E-state index contributed by atoms with van der Waals surface area (Å²) in [6.07, 6.45) is 5.85. The standard InChI is InChI=1S/C25H29NO4/c1-29-24(27)23(15-17-9-3-2-4-10-17)26-25(28)30-16-22-20-13-7-5-11-18(20)19-12-6-8-14-21(19)22/h5-8,11-14,17,22-23H,2-4,9-10,15-16H2,1H3,(H,26,28)/t23-/m0/s1. The first-order valence-corrected chi connectivity index (χ1v) is 10.9. The maximum absolute atomic E-state index is 12.6. The Morgan fingerprint density at radius 3 is 2.17 bits per heavy atom. The van der Waals surface area contributed by atoms with Gasteiger partial charge in [-0.1, -0.05) is 80.6 Å². The van der Waals surface area contributed by atoms with Gasteiger partial charge in [-0.3, -0.25) is 0 Å². The highest BCUT2D eigenvalue weighted by molar-refractivity contribution is 5.82. The number of methoxy groups -OCH3 is 1. The summed E-state index contributed by atoms with van der Waals surface area (Å²) in [7, 11) is 1.36. The second kappa shape index (κ2) is 9.33. The number of ether oxygens (including phenoxy) is 2. The van der Waals surface area contributed by atoms with Gasteiger partial charge in [0.25, 0.3) is 0 Å². The van der Waals surface area contributed by atoms with E-state index in [2.05, 4.69) is 29.6 Å². The summed E-state index contributed by atoms with van der Waals surface area (Å²) in [5.41, 5.74) is 4.70. The molecular formula is C25H29NO4. The number of esters is 1. The van der Waals surface area contributed by atoms with Crippen molar-refractivity contribution in [3.63, 3.8) is 0 Å². The molecule has 0 heterocycles. The Kier molecular flexibility index (Phi) is 6.36. The number of fused-ring (bicyclic) bond motifs is 3. The van der Waals surface area contributed by atoms with Gasteiger partial charge < -0.3 is 14.8 Å². The molecule has 4 rings (SSSR count). The summed E-state index contributed by atoms with van der Waals surface area (Å²) in [5.74, 6) is 0.0314. The van der Waals surface area contributed by atoms with Crippen molar-refractivity contribution in [3.8, 4) is 11.1 Å². The zero-order valence-electron chi connectivity index (χ0n) is 17.4. The first-order chi connectivity index (χ1) is 14.7. The maximum atomic E-state index is 12.6. The van der Waals surface area contributed by atoms with Crippen LogP contribution >= 0.6 is 0 Å². The molecule has 0 aliphatic heterocycles. The molecule has 2 aromatic rings. The minimum Gasteiger partial charge on any atom is -0.467 e. The van der Waals surface area contributed by atoms with Crippen LogP contribution in [0.1, 0.15) is 55.6 Å². The first kappa shape index (κ1) is 20.5. The Labute approximate surface area is 177 Å². The van der Waals surface area contributed by atoms with Crippen molar-refractivity contribution < 1.29 is 19.1 Å². The minimum atomic E-state index is -0.659. The molecule has 1 fully saturated rings. The van der Waals surface area contributed by atoms with Crippen LogP contribution in [-0.2, 0) is 14.3 Å². The molecule has 5 nitrogen and oxygen atoms in total. The van der Waals surface area contributed by atoms with Crippen molar-refractivity contribution >= 4 is 12.1 Å². The highest BCUT2D eigenvalue weighted by Crippen LogP contribution is 2.44. The molecule has 0 unspecified atom stereocenters. The van der Waals surface area contributed by atoms with Crippen molar-refractivity contribution in [2.75, 3.05) is 13.7 Å². The van der Waals surface area contributed by atoms with Crippen LogP contribution in [0, 0.1) is 5.92 Å². The molecule has 0 aromatic heterocycles. The second-order valence-corrected chi connectivity index (χ2v) is 8.29. The number of benzene rings is 2. The van der Waals surface area contributed by atoms with Gasteiger partial charge >= 0.3 is 12.1 Å². The molecule has 0 radical (unpaired) electrons. The zero-order chi connectivity index (χ0) is 20.9. The van der Waals surface area contributed by atoms with Crippen LogP contribution in [0.5, 0.6) is 0 Å². The summed E-state index contributed by atoms with van der Waals surface area (Å²) < 4.78 is 10.5. The topological polar surface area (TPSA) is 64.6 Å². The summed E-state index contributed by atoms with van der Waals surface area (Å²) >= 11 is 0. The lowest BCUT2D eigenvalue weighted by molar-refractivity contribution is -0.143. The van der Waals surface area contributed by atoms with Crippen LogP contribution in [0.15, 0.2) is 48.5 Å². The van der Waals surface area contributed by atoms with Crippen molar-refractivity contribution in [2.45, 2.75) is 50.5 Å². The van der Waals surface area contributed by atoms with Crippen LogP contribution in [0.2, 0.25) is 0 Å². The Balaban J connectivity index is 1.40. The number of nitrogens with one attached hydrogen (secondary N) is 1. The quantitative estimate of drug-likeness (QED) is 0.682. The minimum absolute atomic E-state index is 0.00179. The van der Waals surface area contributed by atoms with Crippen molar-refractivity contribution in [3.05, 3.63) is 59.7 Å². The lowest BCUT2D eigenvalue weighted by Crippen LogP contribution is -2.43. The van der Waals surface area contributed by atoms with Crippen molar-refractivity contribution in [1.29, 1.82) is 0 Å². The molecule has 158 valence electrons. The molecule has 30 heavy (non-hydrogen) atoms. The van der Waals surface area contributed by atoms with Crippen LogP contribution < -0.4 is 5.32 Å². The van der Waals surface area contributed by atoms with E-state index in [1.165, 1.54) is 48.6 Å². The molecule has 1 amide bonds. The van der Waals surface area contributed by atoms with Gasteiger partial charge in [0.05, 0.1) is 7.11 Å². The summed E-state index contributed by atoms with van der Waals surface area (Å²) in [6, 6.07) is 15.8. The van der Waals surface area contributed by atoms with Gasteiger partial charge in [-0.15, -0.1) is 0 Å². The highest BCUT2D eigenvalue weighted by Gasteiger charge is 2.30. The SMILES string of the molecule is COC(=O)[C@H](CC1CCCCC1)NC(=O)OCC1c2ccccc2-c2ccccc21. The van der Waals surface area contributed by atoms with E-state index < -0.39 is 18.1 Å². The molecule has 2 aromatic carbocycles. The number of carbonyl (C=O) groups is 2. The molecule has 1 N–H and O–H groups in total. The molecule has 0 spiro atoms. The van der Waals surface area contributed by atoms with E-state index in [-0.39, 0.29) is 12.5 Å². The molecule has 5 heteroatoms. The third kappa shape index (κ3) is 4.35. The van der Waals surface area contributed by atoms with Gasteiger partial charge in [0.1, 0.15) is 12.6 Å². The molecule has 0 saturated heterocycles. The van der Waals surface area contributed by atoms with E-state index in [0.717, 1.165) is 12.8 Å². The van der Waals surface area contributed by atoms with Gasteiger partial charge in [-0.05, 0) is 34.6 Å². The van der Waals surface area contributed by atoms with Crippen LogP contribution in [0.25, 0.3) is 11.1 Å². The molecule has 1 atom stereocenters. The maximum Gasteiger partial charge on any atom is 0.407 e. The lowest BCUT2D eigenvalue weighted by atomic mass is 9.85. The third-order valence-electron chi connectivity index (χ3n) is 6.42. The first-order valence-electron chi connectivity index (χ1n) is 10.9. The van der Waals surface area contributed by atoms with Crippen LogP contribution in [0.4, 0.5) is 4.79 Å². The molecule has 1 saturated carbocycles. The highest BCUT2D eigenvalue weighted by atomic mass is 16.6. The van der Waals surface area contributed by atoms with Gasteiger partial charge in [0.2, 0.25) is 0 Å². The van der Waals surface area contributed by atoms with E-state index in [0.29, 0.717) is 12.3 Å². The van der Waals surface area contributed by atoms with E-state index in [1.807, 2.05) is 24.3 Å². The van der Waals surface area contributed by atoms with Gasteiger partial charge in [0.15, 0.2) is 0 Å². The predicted octanol–water partition coefficient (Wildman–Crippen LogP) is 5.04. The number of hydrogen-bond acceptors (Lipinski definition) is 4. The molecule has 2 aliphatic rings. The van der Waals surface area contributed by atoms with Crippen molar-refractivity contribution in [2.24, 2.45) is 5.92 Å². The fraction of sp³-hybridized carbons (Fsp3) is 0.440. The van der Waals surface area contributed by atoms with E-state index in [1.54, 1.807) is 0 Å².